The van der Waals surface area contributed by atoms with Gasteiger partial charge in [-0.3, -0.25) is 4.79 Å². The van der Waals surface area contributed by atoms with Crippen LogP contribution < -0.4 is 22.1 Å². The molecule has 0 spiro atoms. The molecular weight excluding hydrogens is 316 g/mol. The van der Waals surface area contributed by atoms with Gasteiger partial charge in [0.25, 0.3) is 5.91 Å². The lowest BCUT2D eigenvalue weighted by Crippen LogP contribution is -2.31. The molecule has 7 heteroatoms. The fourth-order valence-corrected chi connectivity index (χ4v) is 2.51. The van der Waals surface area contributed by atoms with Crippen molar-refractivity contribution in [2.75, 3.05) is 17.2 Å². The molecule has 0 saturated carbocycles. The summed E-state index contributed by atoms with van der Waals surface area (Å²) in [5.41, 5.74) is 13.6. The maximum Gasteiger partial charge on any atom is 0.254 e. The van der Waals surface area contributed by atoms with Crippen molar-refractivity contribution in [1.29, 1.82) is 0 Å². The van der Waals surface area contributed by atoms with Crippen molar-refractivity contribution in [1.82, 2.24) is 9.97 Å². The van der Waals surface area contributed by atoms with E-state index in [4.69, 9.17) is 11.5 Å². The summed E-state index contributed by atoms with van der Waals surface area (Å²) >= 11 is 0. The second-order valence-electron chi connectivity index (χ2n) is 6.59. The van der Waals surface area contributed by atoms with Crippen molar-refractivity contribution in [2.24, 2.45) is 17.4 Å². The molecule has 25 heavy (non-hydrogen) atoms. The molecule has 1 atom stereocenters. The van der Waals surface area contributed by atoms with Gasteiger partial charge in [-0.2, -0.15) is 4.98 Å². The molecule has 7 nitrogen and oxygen atoms in total. The van der Waals surface area contributed by atoms with Gasteiger partial charge in [0, 0.05) is 24.5 Å². The van der Waals surface area contributed by atoms with E-state index in [1.54, 1.807) is 0 Å². The second-order valence-corrected chi connectivity index (χ2v) is 6.59. The van der Waals surface area contributed by atoms with Gasteiger partial charge in [-0.25, -0.2) is 4.98 Å². The predicted octanol–water partition coefficient (Wildman–Crippen LogP) is 2.41. The van der Waals surface area contributed by atoms with Gasteiger partial charge < -0.3 is 22.1 Å². The van der Waals surface area contributed by atoms with Crippen LogP contribution in [0.3, 0.4) is 0 Å². The predicted molar refractivity (Wildman–Crippen MR) is 101 cm³/mol. The van der Waals surface area contributed by atoms with Crippen molar-refractivity contribution in [2.45, 2.75) is 33.2 Å². The van der Waals surface area contributed by atoms with Crippen molar-refractivity contribution in [3.05, 3.63) is 41.6 Å². The minimum Gasteiger partial charge on any atom is -0.365 e. The highest BCUT2D eigenvalue weighted by atomic mass is 16.1. The van der Waals surface area contributed by atoms with Crippen molar-refractivity contribution >= 4 is 23.4 Å². The molecule has 134 valence electrons. The number of hydrogen-bond acceptors (Lipinski definition) is 6. The number of hydrogen-bond donors (Lipinski definition) is 4. The number of aryl methyl sites for hydroxylation is 1. The van der Waals surface area contributed by atoms with Crippen LogP contribution in [0.4, 0.5) is 17.5 Å². The number of aromatic nitrogens is 2. The molecule has 0 radical (unpaired) electrons. The number of carbonyl (C=O) groups is 1. The molecule has 1 aromatic heterocycles. The summed E-state index contributed by atoms with van der Waals surface area (Å²) in [4.78, 5) is 20.2. The third-order valence-electron chi connectivity index (χ3n) is 3.63. The first kappa shape index (κ1) is 18.7. The summed E-state index contributed by atoms with van der Waals surface area (Å²) in [6.45, 7) is 6.80. The number of anilines is 3. The molecule has 0 aliphatic heterocycles. The molecule has 1 unspecified atom stereocenters. The SMILES string of the molecule is Cc1cccc(Nc2nc(NCC(N)CC(C)C)ncc2C(N)=O)c1. The standard InChI is InChI=1S/C18H26N6O/c1-11(2)7-13(19)9-21-18-22-10-15(16(20)25)17(24-18)23-14-6-4-5-12(3)8-14/h4-6,8,10-11,13H,7,9,19H2,1-3H3,(H2,20,25)(H2,21,22,23,24). The summed E-state index contributed by atoms with van der Waals surface area (Å²) in [5, 5.41) is 6.25. The number of carbonyl (C=O) groups excluding carboxylic acids is 1. The summed E-state index contributed by atoms with van der Waals surface area (Å²) in [6, 6.07) is 7.77. The Balaban J connectivity index is 2.17. The maximum absolute atomic E-state index is 11.6. The zero-order valence-electron chi connectivity index (χ0n) is 14.9. The monoisotopic (exact) mass is 342 g/mol. The quantitative estimate of drug-likeness (QED) is 0.585. The average Bonchev–Trinajstić information content (AvgIpc) is 2.52. The van der Waals surface area contributed by atoms with Crippen LogP contribution in [0.2, 0.25) is 0 Å². The Bertz CT molecular complexity index is 731. The van der Waals surface area contributed by atoms with Gasteiger partial charge in [-0.15, -0.1) is 0 Å². The van der Waals surface area contributed by atoms with Crippen LogP contribution in [0.15, 0.2) is 30.5 Å². The summed E-state index contributed by atoms with van der Waals surface area (Å²) in [7, 11) is 0. The Kier molecular flexibility index (Phi) is 6.30. The lowest BCUT2D eigenvalue weighted by molar-refractivity contribution is 0.100. The van der Waals surface area contributed by atoms with Gasteiger partial charge in [0.2, 0.25) is 5.95 Å². The molecule has 1 aromatic carbocycles. The molecule has 0 fully saturated rings. The van der Waals surface area contributed by atoms with Crippen LogP contribution in [0.5, 0.6) is 0 Å². The fourth-order valence-electron chi connectivity index (χ4n) is 2.51. The second kappa shape index (κ2) is 8.43. The van der Waals surface area contributed by atoms with E-state index in [0.717, 1.165) is 17.7 Å². The van der Waals surface area contributed by atoms with Gasteiger partial charge in [-0.05, 0) is 37.0 Å². The van der Waals surface area contributed by atoms with Gasteiger partial charge in [-0.1, -0.05) is 26.0 Å². The lowest BCUT2D eigenvalue weighted by Gasteiger charge is -2.16. The molecule has 1 amide bonds. The minimum absolute atomic E-state index is 0.00704. The average molecular weight is 342 g/mol. The highest BCUT2D eigenvalue weighted by Gasteiger charge is 2.13. The van der Waals surface area contributed by atoms with Crippen molar-refractivity contribution in [3.8, 4) is 0 Å². The summed E-state index contributed by atoms with van der Waals surface area (Å²) < 4.78 is 0. The van der Waals surface area contributed by atoms with Crippen LogP contribution in [0.1, 0.15) is 36.2 Å². The Morgan fingerprint density at radius 3 is 2.72 bits per heavy atom. The molecule has 6 N–H and O–H groups in total. The lowest BCUT2D eigenvalue weighted by atomic mass is 10.0. The molecule has 1 heterocycles. The van der Waals surface area contributed by atoms with E-state index < -0.39 is 5.91 Å². The highest BCUT2D eigenvalue weighted by molar-refractivity contribution is 5.98. The summed E-state index contributed by atoms with van der Waals surface area (Å²) in [5.74, 6) is 0.708. The van der Waals surface area contributed by atoms with Crippen LogP contribution in [-0.2, 0) is 0 Å². The molecule has 0 aliphatic carbocycles. The maximum atomic E-state index is 11.6. The fraction of sp³-hybridized carbons (Fsp3) is 0.389. The van der Waals surface area contributed by atoms with E-state index in [9.17, 15) is 4.79 Å². The Morgan fingerprint density at radius 2 is 2.08 bits per heavy atom. The third-order valence-corrected chi connectivity index (χ3v) is 3.63. The van der Waals surface area contributed by atoms with E-state index in [1.165, 1.54) is 6.20 Å². The number of primary amides is 1. The van der Waals surface area contributed by atoms with Crippen molar-refractivity contribution in [3.63, 3.8) is 0 Å². The smallest absolute Gasteiger partial charge is 0.254 e. The van der Waals surface area contributed by atoms with Crippen LogP contribution in [0, 0.1) is 12.8 Å². The molecule has 0 aliphatic rings. The van der Waals surface area contributed by atoms with Crippen LogP contribution in [-0.4, -0.2) is 28.5 Å². The van der Waals surface area contributed by atoms with E-state index in [-0.39, 0.29) is 11.6 Å². The first-order valence-corrected chi connectivity index (χ1v) is 8.35. The Hall–Kier alpha value is -2.67. The zero-order chi connectivity index (χ0) is 18.4. The molecule has 0 bridgehead atoms. The van der Waals surface area contributed by atoms with Crippen LogP contribution in [0.25, 0.3) is 0 Å². The zero-order valence-corrected chi connectivity index (χ0v) is 14.9. The topological polar surface area (TPSA) is 119 Å². The Labute approximate surface area is 148 Å². The van der Waals surface area contributed by atoms with E-state index in [1.807, 2.05) is 31.2 Å². The van der Waals surface area contributed by atoms with Gasteiger partial charge >= 0.3 is 0 Å². The van der Waals surface area contributed by atoms with Crippen molar-refractivity contribution < 1.29 is 4.79 Å². The summed E-state index contributed by atoms with van der Waals surface area (Å²) in [6.07, 6.45) is 2.32. The van der Waals surface area contributed by atoms with E-state index in [2.05, 4.69) is 34.4 Å². The number of rotatable bonds is 8. The highest BCUT2D eigenvalue weighted by Crippen LogP contribution is 2.20. The molecule has 2 rings (SSSR count). The first-order chi connectivity index (χ1) is 11.8. The van der Waals surface area contributed by atoms with Gasteiger partial charge in [0.15, 0.2) is 0 Å². The number of nitrogens with two attached hydrogens (primary N) is 2. The third kappa shape index (κ3) is 5.72. The number of benzene rings is 1. The van der Waals surface area contributed by atoms with Gasteiger partial charge in [0.1, 0.15) is 11.4 Å². The minimum atomic E-state index is -0.585. The van der Waals surface area contributed by atoms with E-state index >= 15 is 0 Å². The normalized spacial score (nSPS) is 12.0. The first-order valence-electron chi connectivity index (χ1n) is 8.35. The molecule has 2 aromatic rings. The number of nitrogens with zero attached hydrogens (tertiary/aromatic N) is 2. The number of nitrogens with one attached hydrogen (secondary N) is 2. The Morgan fingerprint density at radius 1 is 1.32 bits per heavy atom. The van der Waals surface area contributed by atoms with Gasteiger partial charge in [0.05, 0.1) is 0 Å². The molecule has 0 saturated heterocycles. The van der Waals surface area contributed by atoms with Crippen LogP contribution >= 0.6 is 0 Å². The van der Waals surface area contributed by atoms with E-state index in [0.29, 0.717) is 24.2 Å². The number of amides is 1. The largest absolute Gasteiger partial charge is 0.365 e. The molecular formula is C18H26N6O.